The number of fused-ring (bicyclic) bond motifs is 1. The third-order valence-corrected chi connectivity index (χ3v) is 7.86. The van der Waals surface area contributed by atoms with Crippen molar-refractivity contribution in [3.63, 3.8) is 0 Å². The molecule has 1 unspecified atom stereocenters. The quantitative estimate of drug-likeness (QED) is 0.252. The van der Waals surface area contributed by atoms with Crippen molar-refractivity contribution in [1.82, 2.24) is 14.6 Å². The number of amides is 3. The molecule has 4 aromatic rings. The average Bonchev–Trinajstić information content (AvgIpc) is 3.08. The van der Waals surface area contributed by atoms with Crippen LogP contribution in [0.15, 0.2) is 71.5 Å². The SMILES string of the molecule is COc1ccc(N(C(=O)Nc2ccc(F)cc2)C(C)c2nc3ccccc3c(=O)n2N2CCN(C(=O)[C@@H](N)CO)CC2)c(OC)c1. The number of benzene rings is 3. The monoisotopic (exact) mass is 633 g/mol. The molecule has 1 aliphatic rings. The van der Waals surface area contributed by atoms with Gasteiger partial charge < -0.3 is 35.5 Å². The summed E-state index contributed by atoms with van der Waals surface area (Å²) in [6.45, 7) is 2.29. The van der Waals surface area contributed by atoms with Gasteiger partial charge >= 0.3 is 6.03 Å². The van der Waals surface area contributed by atoms with Crippen LogP contribution in [0.1, 0.15) is 18.8 Å². The van der Waals surface area contributed by atoms with Gasteiger partial charge in [0.1, 0.15) is 23.4 Å². The fraction of sp³-hybridized carbons (Fsp3) is 0.312. The van der Waals surface area contributed by atoms with Gasteiger partial charge in [-0.25, -0.2) is 18.8 Å². The van der Waals surface area contributed by atoms with Crippen LogP contribution in [0.5, 0.6) is 11.5 Å². The van der Waals surface area contributed by atoms with Crippen molar-refractivity contribution in [2.45, 2.75) is 19.0 Å². The minimum atomic E-state index is -1.03. The second kappa shape index (κ2) is 13.8. The number of hydrogen-bond donors (Lipinski definition) is 3. The van der Waals surface area contributed by atoms with Gasteiger partial charge in [0.25, 0.3) is 5.56 Å². The maximum Gasteiger partial charge on any atom is 0.327 e. The summed E-state index contributed by atoms with van der Waals surface area (Å²) in [6.07, 6.45) is 0. The summed E-state index contributed by atoms with van der Waals surface area (Å²) in [7, 11) is 2.98. The summed E-state index contributed by atoms with van der Waals surface area (Å²) in [5.41, 5.74) is 6.56. The van der Waals surface area contributed by atoms with Crippen molar-refractivity contribution in [2.75, 3.05) is 62.2 Å². The zero-order valence-corrected chi connectivity index (χ0v) is 25.7. The number of aliphatic hydroxyl groups excluding tert-OH is 1. The van der Waals surface area contributed by atoms with Crippen LogP contribution in [-0.4, -0.2) is 84.7 Å². The molecule has 1 aliphatic heterocycles. The van der Waals surface area contributed by atoms with Gasteiger partial charge in [0, 0.05) is 24.8 Å². The van der Waals surface area contributed by atoms with E-state index in [1.165, 1.54) is 48.1 Å². The number of methoxy groups -OCH3 is 2. The molecule has 0 bridgehead atoms. The van der Waals surface area contributed by atoms with Crippen molar-refractivity contribution in [2.24, 2.45) is 5.73 Å². The molecule has 3 amide bonds. The van der Waals surface area contributed by atoms with Crippen LogP contribution in [0.4, 0.5) is 20.6 Å². The van der Waals surface area contributed by atoms with Crippen LogP contribution in [0.3, 0.4) is 0 Å². The Morgan fingerprint density at radius 1 is 1.04 bits per heavy atom. The Morgan fingerprint density at radius 3 is 2.39 bits per heavy atom. The molecule has 1 fully saturated rings. The number of carbonyl (C=O) groups is 2. The van der Waals surface area contributed by atoms with E-state index < -0.39 is 30.5 Å². The van der Waals surface area contributed by atoms with Crippen LogP contribution in [0, 0.1) is 5.82 Å². The topological polar surface area (TPSA) is 155 Å². The lowest BCUT2D eigenvalue weighted by atomic mass is 10.1. The van der Waals surface area contributed by atoms with Crippen LogP contribution in [-0.2, 0) is 4.79 Å². The second-order valence-corrected chi connectivity index (χ2v) is 10.7. The fourth-order valence-corrected chi connectivity index (χ4v) is 5.42. The average molecular weight is 634 g/mol. The number of nitrogens with one attached hydrogen (secondary N) is 1. The molecule has 0 saturated carbocycles. The fourth-order valence-electron chi connectivity index (χ4n) is 5.42. The highest BCUT2D eigenvalue weighted by Gasteiger charge is 2.33. The Hall–Kier alpha value is -5.21. The van der Waals surface area contributed by atoms with Crippen LogP contribution >= 0.6 is 0 Å². The summed E-state index contributed by atoms with van der Waals surface area (Å²) in [5, 5.41) is 14.3. The van der Waals surface area contributed by atoms with Crippen molar-refractivity contribution in [1.29, 1.82) is 0 Å². The number of ether oxygens (including phenoxy) is 2. The first-order valence-electron chi connectivity index (χ1n) is 14.7. The smallest absolute Gasteiger partial charge is 0.327 e. The van der Waals surface area contributed by atoms with E-state index in [-0.39, 0.29) is 43.5 Å². The number of urea groups is 1. The first-order chi connectivity index (χ1) is 22.2. The number of nitrogens with zero attached hydrogens (tertiary/aromatic N) is 5. The van der Waals surface area contributed by atoms with Crippen LogP contribution in [0.2, 0.25) is 0 Å². The first-order valence-corrected chi connectivity index (χ1v) is 14.7. The normalized spacial score (nSPS) is 14.5. The molecule has 14 heteroatoms. The molecule has 242 valence electrons. The molecule has 3 aromatic carbocycles. The highest BCUT2D eigenvalue weighted by molar-refractivity contribution is 6.03. The summed E-state index contributed by atoms with van der Waals surface area (Å²) in [4.78, 5) is 48.7. The van der Waals surface area contributed by atoms with Crippen LogP contribution in [0.25, 0.3) is 10.9 Å². The molecule has 5 rings (SSSR count). The number of anilines is 2. The number of nitrogens with two attached hydrogens (primary N) is 1. The number of para-hydroxylation sites is 1. The summed E-state index contributed by atoms with van der Waals surface area (Å²) in [5.74, 6) is 0.242. The maximum atomic E-state index is 14.1. The van der Waals surface area contributed by atoms with Gasteiger partial charge in [0.15, 0.2) is 5.82 Å². The molecule has 0 radical (unpaired) electrons. The molecular formula is C32H36FN7O6. The zero-order chi connectivity index (χ0) is 33.0. The molecule has 1 aromatic heterocycles. The highest BCUT2D eigenvalue weighted by atomic mass is 19.1. The number of rotatable bonds is 9. The molecule has 46 heavy (non-hydrogen) atoms. The number of aromatic nitrogens is 2. The lowest BCUT2D eigenvalue weighted by Gasteiger charge is -2.39. The number of piperazine rings is 1. The van der Waals surface area contributed by atoms with E-state index in [2.05, 4.69) is 5.32 Å². The van der Waals surface area contributed by atoms with Crippen molar-refractivity contribution >= 4 is 34.2 Å². The van der Waals surface area contributed by atoms with E-state index >= 15 is 0 Å². The van der Waals surface area contributed by atoms with E-state index in [1.54, 1.807) is 59.3 Å². The first kappa shape index (κ1) is 32.2. The maximum absolute atomic E-state index is 14.1. The van der Waals surface area contributed by atoms with Gasteiger partial charge in [0.2, 0.25) is 5.91 Å². The molecule has 2 heterocycles. The Bertz CT molecular complexity index is 1780. The van der Waals surface area contributed by atoms with E-state index in [9.17, 15) is 23.9 Å². The molecule has 4 N–H and O–H groups in total. The van der Waals surface area contributed by atoms with Gasteiger partial charge in [-0.3, -0.25) is 14.5 Å². The molecule has 1 saturated heterocycles. The molecule has 13 nitrogen and oxygen atoms in total. The van der Waals surface area contributed by atoms with Gasteiger partial charge in [-0.05, 0) is 55.5 Å². The van der Waals surface area contributed by atoms with Crippen LogP contribution < -0.4 is 36.0 Å². The van der Waals surface area contributed by atoms with Crippen molar-refractivity contribution in [3.05, 3.63) is 88.7 Å². The van der Waals surface area contributed by atoms with Gasteiger partial charge in [0.05, 0.1) is 56.5 Å². The van der Waals surface area contributed by atoms with Gasteiger partial charge in [-0.15, -0.1) is 0 Å². The van der Waals surface area contributed by atoms with Gasteiger partial charge in [-0.1, -0.05) is 12.1 Å². The molecule has 0 aliphatic carbocycles. The molecule has 0 spiro atoms. The minimum Gasteiger partial charge on any atom is -0.497 e. The third kappa shape index (κ3) is 6.43. The van der Waals surface area contributed by atoms with E-state index in [4.69, 9.17) is 20.2 Å². The van der Waals surface area contributed by atoms with E-state index in [0.29, 0.717) is 33.8 Å². The summed E-state index contributed by atoms with van der Waals surface area (Å²) >= 11 is 0. The zero-order valence-electron chi connectivity index (χ0n) is 25.7. The summed E-state index contributed by atoms with van der Waals surface area (Å²) in [6, 6.07) is 14.8. The largest absolute Gasteiger partial charge is 0.497 e. The highest BCUT2D eigenvalue weighted by Crippen LogP contribution is 2.37. The summed E-state index contributed by atoms with van der Waals surface area (Å²) < 4.78 is 26.1. The second-order valence-electron chi connectivity index (χ2n) is 10.7. The van der Waals surface area contributed by atoms with E-state index in [1.807, 2.05) is 0 Å². The predicted octanol–water partition coefficient (Wildman–Crippen LogP) is 2.45. The van der Waals surface area contributed by atoms with Crippen molar-refractivity contribution in [3.8, 4) is 11.5 Å². The lowest BCUT2D eigenvalue weighted by Crippen LogP contribution is -2.59. The molecular weight excluding hydrogens is 597 g/mol. The number of halogens is 1. The standard InChI is InChI=1S/C32H36FN7O6/c1-20(39(27-13-12-23(45-2)18-28(27)46-3)32(44)35-22-10-8-21(33)9-11-22)29-36-26-7-5-4-6-24(26)30(42)40(29)38-16-14-37(15-17-38)31(43)25(34)19-41/h4-13,18,20,25,41H,14-17,19,34H2,1-3H3,(H,35,44)/t20?,25-/m0/s1. The van der Waals surface area contributed by atoms with Crippen molar-refractivity contribution < 1.29 is 28.6 Å². The third-order valence-electron chi connectivity index (χ3n) is 7.86. The number of hydrogen-bond acceptors (Lipinski definition) is 9. The minimum absolute atomic E-state index is 0.251. The predicted molar refractivity (Wildman–Crippen MR) is 171 cm³/mol. The van der Waals surface area contributed by atoms with Gasteiger partial charge in [-0.2, -0.15) is 0 Å². The Morgan fingerprint density at radius 2 is 1.74 bits per heavy atom. The number of aliphatic hydroxyl groups is 1. The number of carbonyl (C=O) groups excluding carboxylic acids is 2. The Labute approximate surface area is 264 Å². The Balaban J connectivity index is 1.61. The lowest BCUT2D eigenvalue weighted by molar-refractivity contribution is -0.133. The van der Waals surface area contributed by atoms with E-state index in [0.717, 1.165) is 0 Å². The molecule has 2 atom stereocenters. The Kier molecular flexibility index (Phi) is 9.68.